The van der Waals surface area contributed by atoms with E-state index in [0.29, 0.717) is 12.4 Å². The number of hydrogen-bond acceptors (Lipinski definition) is 4. The van der Waals surface area contributed by atoms with Gasteiger partial charge < -0.3 is 10.6 Å². The van der Waals surface area contributed by atoms with Crippen molar-refractivity contribution in [2.75, 3.05) is 17.2 Å². The van der Waals surface area contributed by atoms with Crippen LogP contribution in [0.25, 0.3) is 0 Å². The maximum atomic E-state index is 14.2. The van der Waals surface area contributed by atoms with E-state index in [1.807, 2.05) is 6.92 Å². The number of nitrogens with zero attached hydrogens (tertiary/aromatic N) is 2. The van der Waals surface area contributed by atoms with Gasteiger partial charge in [-0.05, 0) is 40.5 Å². The zero-order valence-corrected chi connectivity index (χ0v) is 12.9. The van der Waals surface area contributed by atoms with Gasteiger partial charge in [0.2, 0.25) is 0 Å². The van der Waals surface area contributed by atoms with Crippen LogP contribution in [0.5, 0.6) is 0 Å². The van der Waals surface area contributed by atoms with Crippen LogP contribution in [-0.4, -0.2) is 22.4 Å². The zero-order valence-electron chi connectivity index (χ0n) is 11.4. The van der Waals surface area contributed by atoms with E-state index in [-0.39, 0.29) is 11.4 Å². The summed E-state index contributed by atoms with van der Waals surface area (Å²) in [5.41, 5.74) is -0.0756. The van der Waals surface area contributed by atoms with E-state index in [0.717, 1.165) is 10.9 Å². The molecule has 2 N–H and O–H groups in total. The third-order valence-corrected chi connectivity index (χ3v) is 3.11. The fourth-order valence-corrected chi connectivity index (χ4v) is 1.85. The number of nitrogens with one attached hydrogen (secondary N) is 2. The van der Waals surface area contributed by atoms with Gasteiger partial charge >= 0.3 is 0 Å². The Kier molecular flexibility index (Phi) is 5.21. The van der Waals surface area contributed by atoms with Crippen LogP contribution in [0.3, 0.4) is 0 Å². The predicted octanol–water partition coefficient (Wildman–Crippen LogP) is 3.45. The standard InChI is InChI=1S/C14H14BrFN4O/c1-2-6-17-13-12(16)10(5-7-18-13)14(21)20-11-4-3-9(15)8-19-11/h3-5,7-8H,2,6H2,1H3,(H,17,18)(H,19,20,21). The average molecular weight is 353 g/mol. The Morgan fingerprint density at radius 2 is 2.14 bits per heavy atom. The second kappa shape index (κ2) is 7.12. The lowest BCUT2D eigenvalue weighted by molar-refractivity contribution is 0.102. The Hall–Kier alpha value is -2.02. The molecule has 0 saturated heterocycles. The van der Waals surface area contributed by atoms with Gasteiger partial charge in [0, 0.05) is 23.4 Å². The van der Waals surface area contributed by atoms with E-state index in [1.54, 1.807) is 18.3 Å². The second-order valence-corrected chi connectivity index (χ2v) is 5.18. The van der Waals surface area contributed by atoms with E-state index in [1.165, 1.54) is 12.3 Å². The van der Waals surface area contributed by atoms with Crippen molar-refractivity contribution in [2.24, 2.45) is 0 Å². The number of carbonyl (C=O) groups is 1. The van der Waals surface area contributed by atoms with Crippen molar-refractivity contribution >= 4 is 33.5 Å². The van der Waals surface area contributed by atoms with Crippen molar-refractivity contribution in [1.82, 2.24) is 9.97 Å². The van der Waals surface area contributed by atoms with Gasteiger partial charge in [-0.3, -0.25) is 4.79 Å². The van der Waals surface area contributed by atoms with Crippen molar-refractivity contribution in [2.45, 2.75) is 13.3 Å². The normalized spacial score (nSPS) is 10.2. The molecule has 2 aromatic heterocycles. The Morgan fingerprint density at radius 3 is 2.81 bits per heavy atom. The number of rotatable bonds is 5. The third-order valence-electron chi connectivity index (χ3n) is 2.65. The Morgan fingerprint density at radius 1 is 1.33 bits per heavy atom. The molecule has 0 bridgehead atoms. The quantitative estimate of drug-likeness (QED) is 0.864. The second-order valence-electron chi connectivity index (χ2n) is 4.26. The third kappa shape index (κ3) is 3.98. The van der Waals surface area contributed by atoms with E-state index >= 15 is 0 Å². The summed E-state index contributed by atoms with van der Waals surface area (Å²) in [6, 6.07) is 4.69. The van der Waals surface area contributed by atoms with Crippen molar-refractivity contribution in [3.05, 3.63) is 46.4 Å². The summed E-state index contributed by atoms with van der Waals surface area (Å²) < 4.78 is 15.0. The lowest BCUT2D eigenvalue weighted by Gasteiger charge is -2.09. The minimum absolute atomic E-state index is 0.0756. The van der Waals surface area contributed by atoms with Crippen LogP contribution < -0.4 is 10.6 Å². The minimum Gasteiger partial charge on any atom is -0.368 e. The van der Waals surface area contributed by atoms with Gasteiger partial charge in [0.1, 0.15) is 5.82 Å². The summed E-state index contributed by atoms with van der Waals surface area (Å²) in [5, 5.41) is 5.38. The molecule has 7 heteroatoms. The summed E-state index contributed by atoms with van der Waals surface area (Å²) >= 11 is 3.25. The van der Waals surface area contributed by atoms with Gasteiger partial charge in [-0.2, -0.15) is 0 Å². The fraction of sp³-hybridized carbons (Fsp3) is 0.214. The first-order valence-electron chi connectivity index (χ1n) is 6.43. The number of carbonyl (C=O) groups excluding carboxylic acids is 1. The van der Waals surface area contributed by atoms with Crippen LogP contribution in [0.15, 0.2) is 35.1 Å². The largest absolute Gasteiger partial charge is 0.368 e. The van der Waals surface area contributed by atoms with Gasteiger partial charge in [0.25, 0.3) is 5.91 Å². The Bertz CT molecular complexity index is 633. The van der Waals surface area contributed by atoms with Gasteiger partial charge in [0.05, 0.1) is 5.56 Å². The van der Waals surface area contributed by atoms with Gasteiger partial charge in [-0.1, -0.05) is 6.92 Å². The first-order valence-corrected chi connectivity index (χ1v) is 7.22. The molecule has 0 atom stereocenters. The molecule has 0 aliphatic rings. The molecule has 2 rings (SSSR count). The molecule has 2 heterocycles. The summed E-state index contributed by atoms with van der Waals surface area (Å²) in [6.45, 7) is 2.55. The fourth-order valence-electron chi connectivity index (χ4n) is 1.62. The van der Waals surface area contributed by atoms with E-state index in [4.69, 9.17) is 0 Å². The number of pyridine rings is 2. The summed E-state index contributed by atoms with van der Waals surface area (Å²) in [7, 11) is 0. The van der Waals surface area contributed by atoms with Crippen molar-refractivity contribution in [3.63, 3.8) is 0 Å². The highest BCUT2D eigenvalue weighted by atomic mass is 79.9. The molecular formula is C14H14BrFN4O. The number of hydrogen-bond donors (Lipinski definition) is 2. The maximum absolute atomic E-state index is 14.2. The lowest BCUT2D eigenvalue weighted by Crippen LogP contribution is -2.16. The van der Waals surface area contributed by atoms with Crippen LogP contribution in [0.4, 0.5) is 16.0 Å². The van der Waals surface area contributed by atoms with Crippen molar-refractivity contribution < 1.29 is 9.18 Å². The molecule has 0 aliphatic heterocycles. The maximum Gasteiger partial charge on any atom is 0.259 e. The Balaban J connectivity index is 2.17. The van der Waals surface area contributed by atoms with Crippen molar-refractivity contribution in [3.8, 4) is 0 Å². The number of anilines is 2. The van der Waals surface area contributed by atoms with Crippen LogP contribution in [0.1, 0.15) is 23.7 Å². The predicted molar refractivity (Wildman–Crippen MR) is 82.9 cm³/mol. The number of aromatic nitrogens is 2. The molecule has 2 aromatic rings. The van der Waals surface area contributed by atoms with Gasteiger partial charge in [0.15, 0.2) is 11.6 Å². The first-order chi connectivity index (χ1) is 10.1. The molecule has 0 aliphatic carbocycles. The average Bonchev–Trinajstić information content (AvgIpc) is 2.48. The van der Waals surface area contributed by atoms with Crippen LogP contribution in [0.2, 0.25) is 0 Å². The molecule has 1 amide bonds. The summed E-state index contributed by atoms with van der Waals surface area (Å²) in [4.78, 5) is 20.0. The highest BCUT2D eigenvalue weighted by Gasteiger charge is 2.16. The van der Waals surface area contributed by atoms with Gasteiger partial charge in [-0.15, -0.1) is 0 Å². The van der Waals surface area contributed by atoms with Crippen molar-refractivity contribution in [1.29, 1.82) is 0 Å². The molecule has 0 spiro atoms. The van der Waals surface area contributed by atoms with Crippen LogP contribution in [-0.2, 0) is 0 Å². The van der Waals surface area contributed by atoms with E-state index in [2.05, 4.69) is 36.5 Å². The lowest BCUT2D eigenvalue weighted by atomic mass is 10.2. The molecule has 0 fully saturated rings. The summed E-state index contributed by atoms with van der Waals surface area (Å²) in [6.07, 6.45) is 3.78. The molecule has 110 valence electrons. The minimum atomic E-state index is -0.666. The number of halogens is 2. The van der Waals surface area contributed by atoms with Gasteiger partial charge in [-0.25, -0.2) is 14.4 Å². The molecule has 0 unspecified atom stereocenters. The molecular weight excluding hydrogens is 339 g/mol. The van der Waals surface area contributed by atoms with E-state index < -0.39 is 11.7 Å². The van der Waals surface area contributed by atoms with E-state index in [9.17, 15) is 9.18 Å². The smallest absolute Gasteiger partial charge is 0.259 e. The number of amides is 1. The molecule has 0 radical (unpaired) electrons. The molecule has 0 saturated carbocycles. The molecule has 5 nitrogen and oxygen atoms in total. The summed E-state index contributed by atoms with van der Waals surface area (Å²) in [5.74, 6) is -0.805. The highest BCUT2D eigenvalue weighted by molar-refractivity contribution is 9.10. The molecule has 21 heavy (non-hydrogen) atoms. The monoisotopic (exact) mass is 352 g/mol. The van der Waals surface area contributed by atoms with Crippen LogP contribution >= 0.6 is 15.9 Å². The zero-order chi connectivity index (χ0) is 15.2. The van der Waals surface area contributed by atoms with Crippen LogP contribution in [0, 0.1) is 5.82 Å². The Labute approximate surface area is 130 Å². The molecule has 0 aromatic carbocycles. The first kappa shape index (κ1) is 15.4. The topological polar surface area (TPSA) is 66.9 Å². The SMILES string of the molecule is CCCNc1nccc(C(=O)Nc2ccc(Br)cn2)c1F. The highest BCUT2D eigenvalue weighted by Crippen LogP contribution is 2.17.